The molecule has 0 radical (unpaired) electrons. The number of benzene rings is 2. The van der Waals surface area contributed by atoms with Crippen LogP contribution in [0.1, 0.15) is 12.2 Å². The maximum atomic E-state index is 6.18. The fourth-order valence-corrected chi connectivity index (χ4v) is 2.87. The third-order valence-electron chi connectivity index (χ3n) is 4.04. The molecule has 0 bridgehead atoms. The van der Waals surface area contributed by atoms with Gasteiger partial charge < -0.3 is 14.5 Å². The van der Waals surface area contributed by atoms with Crippen molar-refractivity contribution in [1.82, 2.24) is 9.97 Å². The number of methoxy groups -OCH3 is 1. The second kappa shape index (κ2) is 9.10. The van der Waals surface area contributed by atoms with E-state index in [1.807, 2.05) is 36.4 Å². The summed E-state index contributed by atoms with van der Waals surface area (Å²) in [5.74, 6) is 2.22. The van der Waals surface area contributed by atoms with Crippen LogP contribution in [0, 0.1) is 0 Å². The Morgan fingerprint density at radius 3 is 2.85 bits per heavy atom. The van der Waals surface area contributed by atoms with Crippen LogP contribution in [0.3, 0.4) is 0 Å². The number of aromatic nitrogens is 2. The van der Waals surface area contributed by atoms with Gasteiger partial charge in [-0.1, -0.05) is 42.5 Å². The summed E-state index contributed by atoms with van der Waals surface area (Å²) in [6.07, 6.45) is 8.85. The Balaban J connectivity index is 1.62. The first kappa shape index (κ1) is 18.8. The van der Waals surface area contributed by atoms with Crippen LogP contribution in [0.2, 0.25) is 5.02 Å². The number of allylic oxidation sites excluding steroid dienone is 4. The van der Waals surface area contributed by atoms with E-state index >= 15 is 0 Å². The second-order valence-corrected chi connectivity index (χ2v) is 6.30. The molecule has 0 fully saturated rings. The SMILES string of the molecule is C=C/C=C(\C=C\Oc1ccc(OC)cc1Cl)CCc1nc2ccccc2[nH]1. The fourth-order valence-electron chi connectivity index (χ4n) is 2.66. The number of imidazole rings is 1. The van der Waals surface area contributed by atoms with Crippen molar-refractivity contribution in [3.63, 3.8) is 0 Å². The Morgan fingerprint density at radius 2 is 2.11 bits per heavy atom. The number of aromatic amines is 1. The molecule has 27 heavy (non-hydrogen) atoms. The average Bonchev–Trinajstić information content (AvgIpc) is 3.10. The Labute approximate surface area is 163 Å². The van der Waals surface area contributed by atoms with E-state index in [0.717, 1.165) is 35.3 Å². The number of para-hydroxylation sites is 2. The van der Waals surface area contributed by atoms with E-state index < -0.39 is 0 Å². The van der Waals surface area contributed by atoms with Gasteiger partial charge in [-0.15, -0.1) is 0 Å². The van der Waals surface area contributed by atoms with Gasteiger partial charge in [0.05, 0.1) is 29.4 Å². The lowest BCUT2D eigenvalue weighted by atomic mass is 10.1. The molecule has 2 aromatic carbocycles. The highest BCUT2D eigenvalue weighted by molar-refractivity contribution is 6.32. The van der Waals surface area contributed by atoms with Crippen LogP contribution < -0.4 is 9.47 Å². The summed E-state index contributed by atoms with van der Waals surface area (Å²) in [5.41, 5.74) is 3.11. The Morgan fingerprint density at radius 1 is 1.26 bits per heavy atom. The van der Waals surface area contributed by atoms with Crippen molar-refractivity contribution in [2.75, 3.05) is 7.11 Å². The molecule has 0 aliphatic heterocycles. The van der Waals surface area contributed by atoms with Crippen molar-refractivity contribution in [1.29, 1.82) is 0 Å². The van der Waals surface area contributed by atoms with Crippen molar-refractivity contribution >= 4 is 22.6 Å². The quantitative estimate of drug-likeness (QED) is 0.393. The van der Waals surface area contributed by atoms with Crippen molar-refractivity contribution in [3.8, 4) is 11.5 Å². The van der Waals surface area contributed by atoms with Crippen LogP contribution in [-0.2, 0) is 6.42 Å². The van der Waals surface area contributed by atoms with Gasteiger partial charge in [-0.2, -0.15) is 0 Å². The van der Waals surface area contributed by atoms with Gasteiger partial charge in [0.2, 0.25) is 0 Å². The minimum absolute atomic E-state index is 0.496. The average molecular weight is 381 g/mol. The number of ether oxygens (including phenoxy) is 2. The van der Waals surface area contributed by atoms with Gasteiger partial charge in [0.1, 0.15) is 17.3 Å². The molecule has 1 aromatic heterocycles. The monoisotopic (exact) mass is 380 g/mol. The lowest BCUT2D eigenvalue weighted by Gasteiger charge is -2.06. The molecule has 0 spiro atoms. The third-order valence-corrected chi connectivity index (χ3v) is 4.33. The molecule has 0 atom stereocenters. The number of hydrogen-bond acceptors (Lipinski definition) is 3. The molecule has 0 aliphatic carbocycles. The molecule has 1 heterocycles. The molecule has 4 nitrogen and oxygen atoms in total. The topological polar surface area (TPSA) is 47.1 Å². The van der Waals surface area contributed by atoms with Crippen molar-refractivity contribution in [2.45, 2.75) is 12.8 Å². The van der Waals surface area contributed by atoms with Crippen LogP contribution in [0.15, 0.2) is 79.1 Å². The summed E-state index contributed by atoms with van der Waals surface area (Å²) < 4.78 is 10.8. The summed E-state index contributed by atoms with van der Waals surface area (Å²) >= 11 is 6.18. The van der Waals surface area contributed by atoms with E-state index in [9.17, 15) is 0 Å². The van der Waals surface area contributed by atoms with Crippen molar-refractivity contribution in [3.05, 3.63) is 90.0 Å². The highest BCUT2D eigenvalue weighted by Crippen LogP contribution is 2.28. The van der Waals surface area contributed by atoms with E-state index in [0.29, 0.717) is 16.5 Å². The van der Waals surface area contributed by atoms with Gasteiger partial charge in [-0.05, 0) is 42.3 Å². The van der Waals surface area contributed by atoms with E-state index in [1.165, 1.54) is 0 Å². The first-order valence-corrected chi connectivity index (χ1v) is 8.99. The summed E-state index contributed by atoms with van der Waals surface area (Å²) in [6.45, 7) is 3.78. The first-order valence-electron chi connectivity index (χ1n) is 8.61. The maximum Gasteiger partial charge on any atom is 0.145 e. The Hall–Kier alpha value is -2.98. The summed E-state index contributed by atoms with van der Waals surface area (Å²) in [6, 6.07) is 13.3. The highest BCUT2D eigenvalue weighted by atomic mass is 35.5. The van der Waals surface area contributed by atoms with E-state index in [-0.39, 0.29) is 0 Å². The van der Waals surface area contributed by atoms with E-state index in [4.69, 9.17) is 21.1 Å². The van der Waals surface area contributed by atoms with Gasteiger partial charge in [-0.3, -0.25) is 0 Å². The molecule has 0 saturated carbocycles. The van der Waals surface area contributed by atoms with Crippen LogP contribution in [0.4, 0.5) is 0 Å². The van der Waals surface area contributed by atoms with E-state index in [1.54, 1.807) is 37.6 Å². The van der Waals surface area contributed by atoms with Crippen molar-refractivity contribution < 1.29 is 9.47 Å². The normalized spacial score (nSPS) is 11.9. The second-order valence-electron chi connectivity index (χ2n) is 5.89. The fraction of sp³-hybridized carbons (Fsp3) is 0.136. The molecule has 0 amide bonds. The minimum Gasteiger partial charge on any atom is -0.497 e. The molecular formula is C22H21ClN2O2. The predicted molar refractivity (Wildman–Crippen MR) is 110 cm³/mol. The van der Waals surface area contributed by atoms with Gasteiger partial charge in [-0.25, -0.2) is 4.98 Å². The lowest BCUT2D eigenvalue weighted by molar-refractivity contribution is 0.413. The summed E-state index contributed by atoms with van der Waals surface area (Å²) in [4.78, 5) is 7.95. The lowest BCUT2D eigenvalue weighted by Crippen LogP contribution is -1.91. The predicted octanol–water partition coefficient (Wildman–Crippen LogP) is 5.86. The number of nitrogens with one attached hydrogen (secondary N) is 1. The molecule has 3 rings (SSSR count). The maximum absolute atomic E-state index is 6.18. The molecule has 0 aliphatic rings. The molecule has 0 unspecified atom stereocenters. The van der Waals surface area contributed by atoms with Crippen molar-refractivity contribution in [2.24, 2.45) is 0 Å². The van der Waals surface area contributed by atoms with Gasteiger partial charge >= 0.3 is 0 Å². The zero-order valence-electron chi connectivity index (χ0n) is 15.1. The van der Waals surface area contributed by atoms with Gasteiger partial charge in [0.25, 0.3) is 0 Å². The van der Waals surface area contributed by atoms with Crippen LogP contribution >= 0.6 is 11.6 Å². The zero-order chi connectivity index (χ0) is 19.1. The molecule has 3 aromatic rings. The Bertz CT molecular complexity index is 956. The largest absolute Gasteiger partial charge is 0.497 e. The number of aryl methyl sites for hydroxylation is 1. The smallest absolute Gasteiger partial charge is 0.145 e. The minimum atomic E-state index is 0.496. The summed E-state index contributed by atoms with van der Waals surface area (Å²) in [7, 11) is 1.60. The summed E-state index contributed by atoms with van der Waals surface area (Å²) in [5, 5.41) is 0.496. The van der Waals surface area contributed by atoms with E-state index in [2.05, 4.69) is 16.5 Å². The number of H-pyrrole nitrogens is 1. The van der Waals surface area contributed by atoms with Gasteiger partial charge in [0.15, 0.2) is 0 Å². The highest BCUT2D eigenvalue weighted by Gasteiger charge is 2.04. The number of nitrogens with zero attached hydrogens (tertiary/aromatic N) is 1. The van der Waals surface area contributed by atoms with Crippen LogP contribution in [-0.4, -0.2) is 17.1 Å². The zero-order valence-corrected chi connectivity index (χ0v) is 15.9. The molecule has 1 N–H and O–H groups in total. The first-order chi connectivity index (χ1) is 13.2. The number of hydrogen-bond donors (Lipinski definition) is 1. The molecule has 5 heteroatoms. The van der Waals surface area contributed by atoms with Crippen LogP contribution in [0.5, 0.6) is 11.5 Å². The van der Waals surface area contributed by atoms with Gasteiger partial charge in [0, 0.05) is 12.5 Å². The number of rotatable bonds is 8. The third kappa shape index (κ3) is 5.02. The number of fused-ring (bicyclic) bond motifs is 1. The molecule has 138 valence electrons. The van der Waals surface area contributed by atoms with Crippen LogP contribution in [0.25, 0.3) is 11.0 Å². The Kier molecular flexibility index (Phi) is 6.34. The standard InChI is InChI=1S/C22H21ClN2O2/c1-3-6-16(9-12-22-24-19-7-4-5-8-20(19)25-22)13-14-27-21-11-10-17(26-2)15-18(21)23/h3-8,10-11,13-15H,1,9,12H2,2H3,(H,24,25)/b14-13+,16-6-. The molecular weight excluding hydrogens is 360 g/mol. The molecule has 0 saturated heterocycles. The number of halogens is 1.